The maximum Gasteiger partial charge on any atom is 0.513 e. The third-order valence-electron chi connectivity index (χ3n) is 3.46. The monoisotopic (exact) mass is 369 g/mol. The number of carboxylic acids is 1. The lowest BCUT2D eigenvalue weighted by atomic mass is 9.94. The Kier molecular flexibility index (Phi) is 7.85. The summed E-state index contributed by atoms with van der Waals surface area (Å²) in [4.78, 5) is 34.5. The fourth-order valence-electron chi connectivity index (χ4n) is 2.32. The topological polar surface area (TPSA) is 145 Å². The summed E-state index contributed by atoms with van der Waals surface area (Å²) >= 11 is 0. The summed E-state index contributed by atoms with van der Waals surface area (Å²) in [7, 11) is 1.04. The number of esters is 1. The van der Waals surface area contributed by atoms with Crippen molar-refractivity contribution >= 4 is 18.1 Å². The summed E-state index contributed by atoms with van der Waals surface area (Å²) in [5.41, 5.74) is 5.30. The van der Waals surface area contributed by atoms with Gasteiger partial charge in [-0.3, -0.25) is 4.79 Å². The number of rotatable bonds is 8. The maximum atomic E-state index is 12.1. The van der Waals surface area contributed by atoms with Gasteiger partial charge in [0.15, 0.2) is 11.5 Å². The van der Waals surface area contributed by atoms with Crippen LogP contribution in [0.3, 0.4) is 0 Å². The van der Waals surface area contributed by atoms with Gasteiger partial charge in [-0.15, -0.1) is 0 Å². The zero-order chi connectivity index (χ0) is 19.9. The number of phenols is 1. The lowest BCUT2D eigenvalue weighted by Gasteiger charge is -2.16. The highest BCUT2D eigenvalue weighted by Gasteiger charge is 2.22. The zero-order valence-corrected chi connectivity index (χ0v) is 14.9. The third kappa shape index (κ3) is 6.25. The Bertz CT molecular complexity index is 671. The molecular formula is C17H23NO8. The first-order chi connectivity index (χ1) is 12.2. The van der Waals surface area contributed by atoms with E-state index in [4.69, 9.17) is 15.6 Å². The van der Waals surface area contributed by atoms with Crippen LogP contribution < -0.4 is 15.2 Å². The van der Waals surface area contributed by atoms with Crippen LogP contribution in [0.15, 0.2) is 12.1 Å². The highest BCUT2D eigenvalue weighted by atomic mass is 16.7. The van der Waals surface area contributed by atoms with Gasteiger partial charge >= 0.3 is 18.1 Å². The first-order valence-corrected chi connectivity index (χ1v) is 7.94. The van der Waals surface area contributed by atoms with Crippen LogP contribution in [0.4, 0.5) is 4.79 Å². The molecule has 9 heteroatoms. The second kappa shape index (κ2) is 9.62. The number of aromatic carboxylic acids is 1. The Morgan fingerprint density at radius 3 is 2.19 bits per heavy atom. The van der Waals surface area contributed by atoms with E-state index in [2.05, 4.69) is 9.47 Å². The van der Waals surface area contributed by atoms with E-state index in [-0.39, 0.29) is 24.4 Å². The van der Waals surface area contributed by atoms with Gasteiger partial charge in [-0.1, -0.05) is 13.8 Å². The van der Waals surface area contributed by atoms with E-state index in [9.17, 15) is 19.5 Å². The van der Waals surface area contributed by atoms with Crippen molar-refractivity contribution in [2.45, 2.75) is 26.7 Å². The van der Waals surface area contributed by atoms with Crippen LogP contribution in [-0.4, -0.2) is 42.0 Å². The molecule has 0 aromatic heterocycles. The molecule has 0 bridgehead atoms. The fraction of sp³-hybridized carbons (Fsp3) is 0.471. The van der Waals surface area contributed by atoms with E-state index in [1.807, 2.05) is 13.8 Å². The van der Waals surface area contributed by atoms with Gasteiger partial charge in [0, 0.05) is 6.42 Å². The summed E-state index contributed by atoms with van der Waals surface area (Å²) in [6.45, 7) is 4.27. The second-order valence-corrected chi connectivity index (χ2v) is 6.09. The molecule has 0 aliphatic carbocycles. The number of aromatic hydroxyl groups is 1. The normalized spacial score (nSPS) is 11.7. The number of hydrogen-bond acceptors (Lipinski definition) is 8. The summed E-state index contributed by atoms with van der Waals surface area (Å²) in [5.74, 6) is -3.47. The van der Waals surface area contributed by atoms with E-state index in [1.54, 1.807) is 0 Å². The van der Waals surface area contributed by atoms with Gasteiger partial charge in [0.1, 0.15) is 0 Å². The minimum Gasteiger partial charge on any atom is -0.502 e. The van der Waals surface area contributed by atoms with Crippen LogP contribution in [0, 0.1) is 11.8 Å². The number of phenolic OH excluding ortho intramolecular Hbond substituents is 1. The SMILES string of the molecule is COC(=O)Oc1cc(C(=O)O)cc(OC(=O)C[C@@H](CN)CC(C)C)c1O. The quantitative estimate of drug-likeness (QED) is 0.356. The maximum absolute atomic E-state index is 12.1. The molecule has 0 unspecified atom stereocenters. The van der Waals surface area contributed by atoms with Crippen LogP contribution in [-0.2, 0) is 9.53 Å². The number of ether oxygens (including phenoxy) is 3. The number of carbonyl (C=O) groups is 3. The Morgan fingerprint density at radius 2 is 1.73 bits per heavy atom. The predicted molar refractivity (Wildman–Crippen MR) is 90.4 cm³/mol. The molecule has 144 valence electrons. The summed E-state index contributed by atoms with van der Waals surface area (Å²) in [6.07, 6.45) is -0.456. The number of benzene rings is 1. The average Bonchev–Trinajstić information content (AvgIpc) is 2.56. The third-order valence-corrected chi connectivity index (χ3v) is 3.46. The minimum absolute atomic E-state index is 0.00138. The second-order valence-electron chi connectivity index (χ2n) is 6.09. The van der Waals surface area contributed by atoms with Crippen molar-refractivity contribution in [3.8, 4) is 17.2 Å². The van der Waals surface area contributed by atoms with Gasteiger partial charge in [0.05, 0.1) is 12.7 Å². The fourth-order valence-corrected chi connectivity index (χ4v) is 2.32. The van der Waals surface area contributed by atoms with Crippen molar-refractivity contribution in [1.82, 2.24) is 0 Å². The standard InChI is InChI=1S/C17H23NO8/c1-9(2)4-10(8-18)5-14(19)25-12-6-11(16(21)22)7-13(15(12)20)26-17(23)24-3/h6-7,9-10,20H,4-5,8,18H2,1-3H3,(H,21,22)/t10-/m0/s1. The minimum atomic E-state index is -1.36. The van der Waals surface area contributed by atoms with E-state index < -0.39 is 35.3 Å². The van der Waals surface area contributed by atoms with E-state index in [0.717, 1.165) is 19.2 Å². The van der Waals surface area contributed by atoms with Crippen LogP contribution >= 0.6 is 0 Å². The van der Waals surface area contributed by atoms with Crippen molar-refractivity contribution in [1.29, 1.82) is 0 Å². The lowest BCUT2D eigenvalue weighted by Crippen LogP contribution is -2.22. The summed E-state index contributed by atoms with van der Waals surface area (Å²) in [6, 6.07) is 1.87. The van der Waals surface area contributed by atoms with Gasteiger partial charge in [-0.05, 0) is 36.9 Å². The van der Waals surface area contributed by atoms with Gasteiger partial charge in [-0.25, -0.2) is 9.59 Å². The molecule has 0 heterocycles. The Labute approximate surface area is 150 Å². The summed E-state index contributed by atoms with van der Waals surface area (Å²) in [5, 5.41) is 19.2. The Morgan fingerprint density at radius 1 is 1.15 bits per heavy atom. The van der Waals surface area contributed by atoms with E-state index >= 15 is 0 Å². The zero-order valence-electron chi connectivity index (χ0n) is 14.9. The van der Waals surface area contributed by atoms with Crippen LogP contribution in [0.1, 0.15) is 37.0 Å². The molecular weight excluding hydrogens is 346 g/mol. The van der Waals surface area contributed by atoms with Gasteiger partial charge in [0.25, 0.3) is 0 Å². The van der Waals surface area contributed by atoms with Crippen molar-refractivity contribution in [3.05, 3.63) is 17.7 Å². The largest absolute Gasteiger partial charge is 0.513 e. The predicted octanol–water partition coefficient (Wildman–Crippen LogP) is 2.15. The first-order valence-electron chi connectivity index (χ1n) is 7.94. The van der Waals surface area contributed by atoms with Crippen molar-refractivity contribution in [2.75, 3.05) is 13.7 Å². The molecule has 26 heavy (non-hydrogen) atoms. The molecule has 1 aromatic carbocycles. The highest BCUT2D eigenvalue weighted by Crippen LogP contribution is 2.38. The lowest BCUT2D eigenvalue weighted by molar-refractivity contribution is -0.135. The number of methoxy groups -OCH3 is 1. The molecule has 0 spiro atoms. The van der Waals surface area contributed by atoms with E-state index in [1.165, 1.54) is 0 Å². The highest BCUT2D eigenvalue weighted by molar-refractivity contribution is 5.90. The van der Waals surface area contributed by atoms with Crippen molar-refractivity contribution < 1.29 is 38.8 Å². The van der Waals surface area contributed by atoms with Crippen molar-refractivity contribution in [3.63, 3.8) is 0 Å². The molecule has 0 aliphatic rings. The van der Waals surface area contributed by atoms with Crippen molar-refractivity contribution in [2.24, 2.45) is 17.6 Å². The van der Waals surface area contributed by atoms with Crippen LogP contribution in [0.2, 0.25) is 0 Å². The molecule has 1 rings (SSSR count). The average molecular weight is 369 g/mol. The Hall–Kier alpha value is -2.81. The van der Waals surface area contributed by atoms with Crippen LogP contribution in [0.5, 0.6) is 17.2 Å². The number of carbonyl (C=O) groups excluding carboxylic acids is 2. The molecule has 1 aromatic rings. The molecule has 0 amide bonds. The van der Waals surface area contributed by atoms with Gasteiger partial charge < -0.3 is 30.2 Å². The first kappa shape index (κ1) is 21.2. The van der Waals surface area contributed by atoms with Gasteiger partial charge in [0.2, 0.25) is 5.75 Å². The molecule has 0 saturated carbocycles. The van der Waals surface area contributed by atoms with Gasteiger partial charge in [-0.2, -0.15) is 0 Å². The molecule has 0 fully saturated rings. The molecule has 0 radical (unpaired) electrons. The summed E-state index contributed by atoms with van der Waals surface area (Å²) < 4.78 is 14.0. The molecule has 0 saturated heterocycles. The molecule has 4 N–H and O–H groups in total. The van der Waals surface area contributed by atoms with E-state index in [0.29, 0.717) is 12.3 Å². The number of carboxylic acid groups (broad SMARTS) is 1. The number of nitrogens with two attached hydrogens (primary N) is 1. The smallest absolute Gasteiger partial charge is 0.502 e. The Balaban J connectivity index is 3.04. The molecule has 0 aliphatic heterocycles. The molecule has 1 atom stereocenters. The van der Waals surface area contributed by atoms with Crippen LogP contribution in [0.25, 0.3) is 0 Å². The molecule has 9 nitrogen and oxygen atoms in total. The number of hydrogen-bond donors (Lipinski definition) is 3.